The molecule has 4 heteroatoms. The second kappa shape index (κ2) is 3.09. The number of rotatable bonds is 2. The molecule has 0 aromatic carbocycles. The molecule has 1 aromatic heterocycles. The van der Waals surface area contributed by atoms with Gasteiger partial charge in [-0.05, 0) is 0 Å². The number of carbonyl (C=O) groups is 1. The van der Waals surface area contributed by atoms with E-state index in [1.807, 2.05) is 0 Å². The van der Waals surface area contributed by atoms with E-state index in [-0.39, 0.29) is 11.6 Å². The summed E-state index contributed by atoms with van der Waals surface area (Å²) in [6.45, 7) is 1.42. The summed E-state index contributed by atoms with van der Waals surface area (Å²) in [5, 5.41) is 0. The van der Waals surface area contributed by atoms with E-state index in [2.05, 4.69) is 9.97 Å². The van der Waals surface area contributed by atoms with Gasteiger partial charge in [-0.3, -0.25) is 4.79 Å². The zero-order valence-electron chi connectivity index (χ0n) is 6.37. The van der Waals surface area contributed by atoms with Gasteiger partial charge in [-0.1, -0.05) is 0 Å². The third-order valence-electron chi connectivity index (χ3n) is 1.18. The molecule has 0 spiro atoms. The molecular weight excluding hydrogens is 144 g/mol. The lowest BCUT2D eigenvalue weighted by atomic mass is 10.4. The molecule has 0 saturated heterocycles. The highest BCUT2D eigenvalue weighted by Gasteiger charge is 2.01. The van der Waals surface area contributed by atoms with Gasteiger partial charge >= 0.3 is 0 Å². The van der Waals surface area contributed by atoms with Gasteiger partial charge in [0.15, 0.2) is 17.4 Å². The lowest BCUT2D eigenvalue weighted by molar-refractivity contribution is 0.100. The van der Waals surface area contributed by atoms with Crippen molar-refractivity contribution in [2.45, 2.75) is 6.92 Å². The fourth-order valence-corrected chi connectivity index (χ4v) is 0.603. The molecule has 4 nitrogen and oxygen atoms in total. The van der Waals surface area contributed by atoms with Crippen LogP contribution in [0.15, 0.2) is 12.4 Å². The molecule has 11 heavy (non-hydrogen) atoms. The van der Waals surface area contributed by atoms with Crippen LogP contribution in [0.5, 0.6) is 5.75 Å². The number of nitrogens with zero attached hydrogens (tertiary/aromatic N) is 2. The van der Waals surface area contributed by atoms with Crippen molar-refractivity contribution < 1.29 is 9.53 Å². The molecule has 0 aliphatic heterocycles. The predicted octanol–water partition coefficient (Wildman–Crippen LogP) is 0.688. The van der Waals surface area contributed by atoms with Crippen molar-refractivity contribution in [2.24, 2.45) is 0 Å². The molecule has 58 valence electrons. The Morgan fingerprint density at radius 1 is 1.45 bits per heavy atom. The van der Waals surface area contributed by atoms with Crippen LogP contribution in [0.3, 0.4) is 0 Å². The van der Waals surface area contributed by atoms with Crippen molar-refractivity contribution >= 4 is 5.78 Å². The van der Waals surface area contributed by atoms with Crippen LogP contribution in [0.2, 0.25) is 0 Å². The molecule has 0 fully saturated rings. The third-order valence-corrected chi connectivity index (χ3v) is 1.18. The number of carbonyl (C=O) groups excluding carboxylic acids is 1. The average molecular weight is 152 g/mol. The van der Waals surface area contributed by atoms with Crippen LogP contribution in [-0.2, 0) is 0 Å². The van der Waals surface area contributed by atoms with E-state index < -0.39 is 0 Å². The maximum absolute atomic E-state index is 10.7. The van der Waals surface area contributed by atoms with Gasteiger partial charge in [0.05, 0.1) is 19.5 Å². The van der Waals surface area contributed by atoms with Gasteiger partial charge in [0, 0.05) is 6.92 Å². The fraction of sp³-hybridized carbons (Fsp3) is 0.286. The molecule has 0 amide bonds. The first-order valence-corrected chi connectivity index (χ1v) is 3.11. The minimum atomic E-state index is -0.146. The number of Topliss-reactive ketones (excluding diaryl/α,β-unsaturated/α-hetero) is 1. The Morgan fingerprint density at radius 3 is 2.36 bits per heavy atom. The monoisotopic (exact) mass is 152 g/mol. The number of methoxy groups -OCH3 is 1. The van der Waals surface area contributed by atoms with Gasteiger partial charge in [-0.25, -0.2) is 9.97 Å². The lowest BCUT2D eigenvalue weighted by Gasteiger charge is -1.97. The summed E-state index contributed by atoms with van der Waals surface area (Å²) in [4.78, 5) is 18.2. The lowest BCUT2D eigenvalue weighted by Crippen LogP contribution is -2.00. The summed E-state index contributed by atoms with van der Waals surface area (Å²) in [7, 11) is 1.52. The van der Waals surface area contributed by atoms with Crippen molar-refractivity contribution in [3.8, 4) is 5.75 Å². The first-order chi connectivity index (χ1) is 5.24. The number of ether oxygens (including phenoxy) is 1. The molecule has 1 aromatic rings. The van der Waals surface area contributed by atoms with Crippen LogP contribution < -0.4 is 4.74 Å². The fourth-order valence-electron chi connectivity index (χ4n) is 0.603. The summed E-state index contributed by atoms with van der Waals surface area (Å²) in [6, 6.07) is 0. The Morgan fingerprint density at radius 2 is 2.00 bits per heavy atom. The highest BCUT2D eigenvalue weighted by molar-refractivity contribution is 5.90. The summed E-state index contributed by atoms with van der Waals surface area (Å²) in [5.74, 6) is 0.619. The quantitative estimate of drug-likeness (QED) is 0.585. The third kappa shape index (κ3) is 1.73. The largest absolute Gasteiger partial charge is 0.494 e. The van der Waals surface area contributed by atoms with Crippen molar-refractivity contribution in [1.29, 1.82) is 0 Å². The molecule has 0 atom stereocenters. The van der Waals surface area contributed by atoms with Crippen molar-refractivity contribution in [3.63, 3.8) is 0 Å². The molecule has 1 rings (SSSR count). The van der Waals surface area contributed by atoms with Crippen LogP contribution in [-0.4, -0.2) is 22.9 Å². The van der Waals surface area contributed by atoms with Gasteiger partial charge in [0.25, 0.3) is 0 Å². The van der Waals surface area contributed by atoms with Crippen LogP contribution in [0.1, 0.15) is 17.5 Å². The maximum Gasteiger partial charge on any atom is 0.196 e. The first kappa shape index (κ1) is 7.65. The number of aromatic nitrogens is 2. The number of hydrogen-bond acceptors (Lipinski definition) is 4. The van der Waals surface area contributed by atoms with E-state index in [0.717, 1.165) is 0 Å². The molecule has 0 N–H and O–H groups in total. The molecule has 0 aliphatic carbocycles. The second-order valence-electron chi connectivity index (χ2n) is 2.00. The van der Waals surface area contributed by atoms with Crippen molar-refractivity contribution in [1.82, 2.24) is 9.97 Å². The number of hydrogen-bond donors (Lipinski definition) is 0. The van der Waals surface area contributed by atoms with Gasteiger partial charge in [-0.15, -0.1) is 0 Å². The van der Waals surface area contributed by atoms with Crippen molar-refractivity contribution in [3.05, 3.63) is 18.2 Å². The molecule has 0 saturated carbocycles. The van der Waals surface area contributed by atoms with Crippen molar-refractivity contribution in [2.75, 3.05) is 7.11 Å². The molecule has 1 heterocycles. The molecule has 0 aliphatic rings. The topological polar surface area (TPSA) is 52.1 Å². The standard InChI is InChI=1S/C7H8N2O2/c1-5(10)7-8-3-6(11-2)4-9-7/h3-4H,1-2H3. The first-order valence-electron chi connectivity index (χ1n) is 3.11. The highest BCUT2D eigenvalue weighted by atomic mass is 16.5. The molecule has 0 unspecified atom stereocenters. The van der Waals surface area contributed by atoms with Gasteiger partial charge < -0.3 is 4.74 Å². The predicted molar refractivity (Wildman–Crippen MR) is 38.6 cm³/mol. The minimum absolute atomic E-state index is 0.146. The van der Waals surface area contributed by atoms with E-state index in [1.54, 1.807) is 0 Å². The van der Waals surface area contributed by atoms with E-state index in [0.29, 0.717) is 5.75 Å². The minimum Gasteiger partial charge on any atom is -0.494 e. The Kier molecular flexibility index (Phi) is 2.15. The van der Waals surface area contributed by atoms with Crippen LogP contribution >= 0.6 is 0 Å². The summed E-state index contributed by atoms with van der Waals surface area (Å²) >= 11 is 0. The summed E-state index contributed by atoms with van der Waals surface area (Å²) < 4.78 is 4.81. The average Bonchev–Trinajstić information content (AvgIpc) is 2.05. The van der Waals surface area contributed by atoms with Gasteiger partial charge in [0.2, 0.25) is 0 Å². The Bertz CT molecular complexity index is 256. The van der Waals surface area contributed by atoms with E-state index in [4.69, 9.17) is 4.74 Å². The van der Waals surface area contributed by atoms with E-state index in [9.17, 15) is 4.79 Å². The van der Waals surface area contributed by atoms with Gasteiger partial charge in [-0.2, -0.15) is 0 Å². The zero-order chi connectivity index (χ0) is 8.27. The number of ketones is 1. The molecule has 0 bridgehead atoms. The Labute approximate surface area is 64.2 Å². The SMILES string of the molecule is COc1cnc(C(C)=O)nc1. The van der Waals surface area contributed by atoms with E-state index >= 15 is 0 Å². The maximum atomic E-state index is 10.7. The second-order valence-corrected chi connectivity index (χ2v) is 2.00. The van der Waals surface area contributed by atoms with Crippen LogP contribution in [0.4, 0.5) is 0 Å². The van der Waals surface area contributed by atoms with Crippen LogP contribution in [0, 0.1) is 0 Å². The smallest absolute Gasteiger partial charge is 0.196 e. The summed E-state index contributed by atoms with van der Waals surface area (Å²) in [6.07, 6.45) is 2.92. The molecular formula is C7H8N2O2. The normalized spacial score (nSPS) is 9.27. The highest BCUT2D eigenvalue weighted by Crippen LogP contribution is 2.04. The summed E-state index contributed by atoms with van der Waals surface area (Å²) in [5.41, 5.74) is 0. The van der Waals surface area contributed by atoms with Gasteiger partial charge in [0.1, 0.15) is 0 Å². The zero-order valence-corrected chi connectivity index (χ0v) is 6.37. The van der Waals surface area contributed by atoms with Crippen LogP contribution in [0.25, 0.3) is 0 Å². The molecule has 0 radical (unpaired) electrons. The Hall–Kier alpha value is -1.45. The van der Waals surface area contributed by atoms with E-state index in [1.165, 1.54) is 26.4 Å². The Balaban J connectivity index is 2.91.